The van der Waals surface area contributed by atoms with Crippen molar-refractivity contribution in [3.63, 3.8) is 0 Å². The Morgan fingerprint density at radius 1 is 0.967 bits per heavy atom. The first-order chi connectivity index (χ1) is 14.4. The average Bonchev–Trinajstić information content (AvgIpc) is 3.06. The van der Waals surface area contributed by atoms with Crippen molar-refractivity contribution in [1.82, 2.24) is 9.99 Å². The standard InChI is InChI=1S/C23H24FN3O3/c1-16-7-8-17(2)27(16)26-23(29)19-9-11-20(12-10-19)30-15-22(28)25-14-13-18-5-3-4-6-21(18)24/h3-12H,13-15H2,1-2H3,(H,25,28)(H,26,29). The van der Waals surface area contributed by atoms with E-state index in [9.17, 15) is 14.0 Å². The van der Waals surface area contributed by atoms with E-state index in [-0.39, 0.29) is 24.2 Å². The molecule has 1 aromatic heterocycles. The van der Waals surface area contributed by atoms with Crippen LogP contribution in [0.5, 0.6) is 5.75 Å². The lowest BCUT2D eigenvalue weighted by atomic mass is 10.1. The normalized spacial score (nSPS) is 10.5. The Balaban J connectivity index is 1.44. The maximum Gasteiger partial charge on any atom is 0.270 e. The number of rotatable bonds is 8. The zero-order valence-electron chi connectivity index (χ0n) is 16.9. The van der Waals surface area contributed by atoms with Crippen molar-refractivity contribution in [2.75, 3.05) is 18.6 Å². The van der Waals surface area contributed by atoms with E-state index in [4.69, 9.17) is 4.74 Å². The van der Waals surface area contributed by atoms with Crippen LogP contribution in [0.3, 0.4) is 0 Å². The fourth-order valence-electron chi connectivity index (χ4n) is 2.95. The van der Waals surface area contributed by atoms with Crippen LogP contribution < -0.4 is 15.5 Å². The third-order valence-electron chi connectivity index (χ3n) is 4.65. The van der Waals surface area contributed by atoms with Gasteiger partial charge < -0.3 is 10.1 Å². The number of aryl methyl sites for hydroxylation is 2. The summed E-state index contributed by atoms with van der Waals surface area (Å²) < 4.78 is 20.7. The monoisotopic (exact) mass is 409 g/mol. The van der Waals surface area contributed by atoms with Crippen molar-refractivity contribution in [2.45, 2.75) is 20.3 Å². The van der Waals surface area contributed by atoms with Crippen molar-refractivity contribution in [2.24, 2.45) is 0 Å². The average molecular weight is 409 g/mol. The number of amides is 2. The number of nitrogens with zero attached hydrogens (tertiary/aromatic N) is 1. The van der Waals surface area contributed by atoms with E-state index in [2.05, 4.69) is 10.7 Å². The molecule has 2 N–H and O–H groups in total. The van der Waals surface area contributed by atoms with Crippen LogP contribution in [-0.4, -0.2) is 29.6 Å². The molecular weight excluding hydrogens is 385 g/mol. The van der Waals surface area contributed by atoms with Crippen LogP contribution in [0.4, 0.5) is 4.39 Å². The van der Waals surface area contributed by atoms with Gasteiger partial charge in [0.15, 0.2) is 6.61 Å². The Bertz CT molecular complexity index is 1010. The van der Waals surface area contributed by atoms with Crippen LogP contribution in [0, 0.1) is 19.7 Å². The van der Waals surface area contributed by atoms with Gasteiger partial charge in [0.25, 0.3) is 11.8 Å². The topological polar surface area (TPSA) is 72.4 Å². The summed E-state index contributed by atoms with van der Waals surface area (Å²) in [5.41, 5.74) is 5.73. The van der Waals surface area contributed by atoms with Gasteiger partial charge in [-0.25, -0.2) is 4.39 Å². The van der Waals surface area contributed by atoms with Gasteiger partial charge in [0.2, 0.25) is 0 Å². The number of carbonyl (C=O) groups is 2. The summed E-state index contributed by atoms with van der Waals surface area (Å²) >= 11 is 0. The number of halogens is 1. The molecule has 7 heteroatoms. The van der Waals surface area contributed by atoms with E-state index in [1.165, 1.54) is 6.07 Å². The zero-order chi connectivity index (χ0) is 21.5. The largest absolute Gasteiger partial charge is 0.484 e. The van der Waals surface area contributed by atoms with Crippen LogP contribution in [-0.2, 0) is 11.2 Å². The van der Waals surface area contributed by atoms with Crippen molar-refractivity contribution in [1.29, 1.82) is 0 Å². The molecule has 0 aliphatic carbocycles. The molecule has 0 saturated carbocycles. The highest BCUT2D eigenvalue weighted by Crippen LogP contribution is 2.13. The lowest BCUT2D eigenvalue weighted by Gasteiger charge is -2.12. The Morgan fingerprint density at radius 3 is 2.30 bits per heavy atom. The maximum atomic E-state index is 13.6. The second-order valence-corrected chi connectivity index (χ2v) is 6.90. The van der Waals surface area contributed by atoms with E-state index in [1.54, 1.807) is 47.1 Å². The third-order valence-corrected chi connectivity index (χ3v) is 4.65. The Labute approximate surface area is 174 Å². The molecule has 6 nitrogen and oxygen atoms in total. The molecule has 0 fully saturated rings. The predicted octanol–water partition coefficient (Wildman–Crippen LogP) is 3.37. The highest BCUT2D eigenvalue weighted by molar-refractivity contribution is 6.00. The molecule has 1 heterocycles. The van der Waals surface area contributed by atoms with Crippen LogP contribution >= 0.6 is 0 Å². The van der Waals surface area contributed by atoms with E-state index < -0.39 is 0 Å². The van der Waals surface area contributed by atoms with Gasteiger partial charge in [-0.05, 0) is 68.3 Å². The first kappa shape index (κ1) is 21.1. The zero-order valence-corrected chi connectivity index (χ0v) is 16.9. The maximum absolute atomic E-state index is 13.6. The van der Waals surface area contributed by atoms with E-state index in [1.807, 2.05) is 26.0 Å². The molecule has 0 radical (unpaired) electrons. The Hall–Kier alpha value is -3.61. The minimum atomic E-state index is -0.299. The number of carbonyl (C=O) groups excluding carboxylic acids is 2. The van der Waals surface area contributed by atoms with Gasteiger partial charge in [-0.1, -0.05) is 18.2 Å². The molecule has 0 aliphatic rings. The minimum Gasteiger partial charge on any atom is -0.484 e. The summed E-state index contributed by atoms with van der Waals surface area (Å²) in [4.78, 5) is 24.3. The minimum absolute atomic E-state index is 0.162. The number of aromatic nitrogens is 1. The summed E-state index contributed by atoms with van der Waals surface area (Å²) in [5.74, 6) is -0.347. The number of hydrogen-bond acceptors (Lipinski definition) is 3. The molecule has 2 amide bonds. The van der Waals surface area contributed by atoms with Gasteiger partial charge in [0.05, 0.1) is 0 Å². The van der Waals surface area contributed by atoms with E-state index >= 15 is 0 Å². The van der Waals surface area contributed by atoms with Crippen LogP contribution in [0.2, 0.25) is 0 Å². The van der Waals surface area contributed by atoms with E-state index in [0.29, 0.717) is 29.8 Å². The van der Waals surface area contributed by atoms with Crippen LogP contribution in [0.25, 0.3) is 0 Å². The summed E-state index contributed by atoms with van der Waals surface area (Å²) in [6.07, 6.45) is 0.405. The molecule has 3 aromatic rings. The summed E-state index contributed by atoms with van der Waals surface area (Å²) in [5, 5.41) is 2.70. The Morgan fingerprint density at radius 2 is 1.63 bits per heavy atom. The highest BCUT2D eigenvalue weighted by atomic mass is 19.1. The molecule has 0 atom stereocenters. The smallest absolute Gasteiger partial charge is 0.270 e. The SMILES string of the molecule is Cc1ccc(C)n1NC(=O)c1ccc(OCC(=O)NCCc2ccccc2F)cc1. The molecule has 0 bridgehead atoms. The second-order valence-electron chi connectivity index (χ2n) is 6.90. The van der Waals surface area contributed by atoms with Crippen molar-refractivity contribution in [3.8, 4) is 5.75 Å². The lowest BCUT2D eigenvalue weighted by molar-refractivity contribution is -0.123. The second kappa shape index (κ2) is 9.73. The van der Waals surface area contributed by atoms with Gasteiger partial charge in [-0.15, -0.1) is 0 Å². The molecule has 0 aliphatic heterocycles. The quantitative estimate of drug-likeness (QED) is 0.599. The van der Waals surface area contributed by atoms with Crippen molar-refractivity contribution in [3.05, 3.63) is 89.0 Å². The first-order valence-corrected chi connectivity index (χ1v) is 9.63. The molecule has 156 valence electrons. The molecule has 2 aromatic carbocycles. The summed E-state index contributed by atoms with van der Waals surface area (Å²) in [6.45, 7) is 3.97. The number of ether oxygens (including phenoxy) is 1. The van der Waals surface area contributed by atoms with E-state index in [0.717, 1.165) is 11.4 Å². The molecule has 0 spiro atoms. The molecular formula is C23H24FN3O3. The van der Waals surface area contributed by atoms with Gasteiger partial charge in [0.1, 0.15) is 11.6 Å². The Kier molecular flexibility index (Phi) is 6.85. The summed E-state index contributed by atoms with van der Waals surface area (Å²) in [6, 6.07) is 16.9. The molecule has 3 rings (SSSR count). The number of nitrogens with one attached hydrogen (secondary N) is 2. The molecule has 30 heavy (non-hydrogen) atoms. The van der Waals surface area contributed by atoms with Gasteiger partial charge in [0, 0.05) is 23.5 Å². The summed E-state index contributed by atoms with van der Waals surface area (Å²) in [7, 11) is 0. The molecule has 0 unspecified atom stereocenters. The highest BCUT2D eigenvalue weighted by Gasteiger charge is 2.10. The number of benzene rings is 2. The predicted molar refractivity (Wildman–Crippen MR) is 113 cm³/mol. The number of hydrogen-bond donors (Lipinski definition) is 2. The van der Waals surface area contributed by atoms with Gasteiger partial charge in [-0.3, -0.25) is 19.7 Å². The third kappa shape index (κ3) is 5.47. The fourth-order valence-corrected chi connectivity index (χ4v) is 2.95. The van der Waals surface area contributed by atoms with Gasteiger partial charge >= 0.3 is 0 Å². The first-order valence-electron chi connectivity index (χ1n) is 9.63. The molecule has 0 saturated heterocycles. The van der Waals surface area contributed by atoms with Crippen molar-refractivity contribution >= 4 is 11.8 Å². The fraction of sp³-hybridized carbons (Fsp3) is 0.217. The van der Waals surface area contributed by atoms with Crippen LogP contribution in [0.1, 0.15) is 27.3 Å². The van der Waals surface area contributed by atoms with Crippen LogP contribution in [0.15, 0.2) is 60.7 Å². The van der Waals surface area contributed by atoms with Gasteiger partial charge in [-0.2, -0.15) is 0 Å². The van der Waals surface area contributed by atoms with Crippen molar-refractivity contribution < 1.29 is 18.7 Å². The lowest BCUT2D eigenvalue weighted by Crippen LogP contribution is -2.30.